The number of rotatable bonds is 2. The average Bonchev–Trinajstić information content (AvgIpc) is 2.52. The Bertz CT molecular complexity index is 436. The highest BCUT2D eigenvalue weighted by molar-refractivity contribution is 5.68. The van der Waals surface area contributed by atoms with Crippen LogP contribution in [0, 0.1) is 5.82 Å². The zero-order chi connectivity index (χ0) is 13.0. The fourth-order valence-electron chi connectivity index (χ4n) is 2.01. The molecule has 0 aliphatic carbocycles. The molecule has 1 amide bonds. The van der Waals surface area contributed by atoms with E-state index in [1.54, 1.807) is 13.0 Å². The van der Waals surface area contributed by atoms with Gasteiger partial charge in [0.2, 0.25) is 0 Å². The molecule has 1 aliphatic rings. The molecule has 98 valence electrons. The zero-order valence-electron chi connectivity index (χ0n) is 10.2. The summed E-state index contributed by atoms with van der Waals surface area (Å²) in [6.07, 6.45) is 1.02. The minimum absolute atomic E-state index is 0.266. The lowest BCUT2D eigenvalue weighted by atomic mass is 10.0. The van der Waals surface area contributed by atoms with Crippen molar-refractivity contribution in [2.45, 2.75) is 25.8 Å². The molecule has 0 radical (unpaired) electrons. The van der Waals surface area contributed by atoms with E-state index in [4.69, 9.17) is 9.47 Å². The van der Waals surface area contributed by atoms with Crippen molar-refractivity contribution in [1.29, 1.82) is 0 Å². The lowest BCUT2D eigenvalue weighted by Crippen LogP contribution is -2.29. The molecule has 1 aromatic carbocycles. The van der Waals surface area contributed by atoms with Gasteiger partial charge >= 0.3 is 6.09 Å². The number of nitrogens with one attached hydrogen (secondary N) is 1. The van der Waals surface area contributed by atoms with E-state index in [1.807, 2.05) is 0 Å². The topological polar surface area (TPSA) is 47.6 Å². The molecule has 1 aromatic rings. The minimum atomic E-state index is -0.486. The number of amides is 1. The van der Waals surface area contributed by atoms with E-state index in [1.165, 1.54) is 12.1 Å². The number of fused-ring (bicyclic) bond motifs is 1. The second-order valence-electron chi connectivity index (χ2n) is 4.09. The molecule has 18 heavy (non-hydrogen) atoms. The highest BCUT2D eigenvalue weighted by Crippen LogP contribution is 2.32. The molecular weight excluding hydrogens is 237 g/mol. The van der Waals surface area contributed by atoms with Gasteiger partial charge in [0.15, 0.2) is 0 Å². The van der Waals surface area contributed by atoms with Crippen molar-refractivity contribution < 1.29 is 18.7 Å². The maximum Gasteiger partial charge on any atom is 0.407 e. The van der Waals surface area contributed by atoms with E-state index >= 15 is 0 Å². The van der Waals surface area contributed by atoms with Gasteiger partial charge in [0, 0.05) is 5.56 Å². The van der Waals surface area contributed by atoms with Gasteiger partial charge in [0.1, 0.15) is 11.6 Å². The molecule has 1 N–H and O–H groups in total. The summed E-state index contributed by atoms with van der Waals surface area (Å²) in [7, 11) is 0. The molecule has 1 unspecified atom stereocenters. The summed E-state index contributed by atoms with van der Waals surface area (Å²) >= 11 is 0. The van der Waals surface area contributed by atoms with Gasteiger partial charge in [-0.25, -0.2) is 9.18 Å². The lowest BCUT2D eigenvalue weighted by Gasteiger charge is -2.17. The van der Waals surface area contributed by atoms with Crippen LogP contribution in [-0.4, -0.2) is 19.3 Å². The Morgan fingerprint density at radius 1 is 1.61 bits per heavy atom. The third-order valence-electron chi connectivity index (χ3n) is 2.81. The van der Waals surface area contributed by atoms with Crippen LogP contribution in [-0.2, 0) is 4.74 Å². The number of hydrogen-bond acceptors (Lipinski definition) is 3. The number of halogens is 1. The zero-order valence-corrected chi connectivity index (χ0v) is 10.2. The molecule has 0 saturated heterocycles. The van der Waals surface area contributed by atoms with Crippen LogP contribution >= 0.6 is 0 Å². The largest absolute Gasteiger partial charge is 0.493 e. The van der Waals surface area contributed by atoms with E-state index in [2.05, 4.69) is 5.32 Å². The Morgan fingerprint density at radius 3 is 3.22 bits per heavy atom. The smallest absolute Gasteiger partial charge is 0.407 e. The first-order valence-corrected chi connectivity index (χ1v) is 6.06. The van der Waals surface area contributed by atoms with Gasteiger partial charge in [-0.15, -0.1) is 0 Å². The Hall–Kier alpha value is -1.78. The van der Waals surface area contributed by atoms with Crippen LogP contribution < -0.4 is 10.1 Å². The fourth-order valence-corrected chi connectivity index (χ4v) is 2.01. The third kappa shape index (κ3) is 2.91. The molecular formula is C13H16FNO3. The highest BCUT2D eigenvalue weighted by atomic mass is 19.1. The first-order chi connectivity index (χ1) is 8.70. The third-order valence-corrected chi connectivity index (χ3v) is 2.81. The number of hydrogen-bond donors (Lipinski definition) is 1. The molecule has 0 fully saturated rings. The maximum absolute atomic E-state index is 13.3. The Kier molecular flexibility index (Phi) is 4.02. The van der Waals surface area contributed by atoms with Gasteiger partial charge in [-0.1, -0.05) is 0 Å². The van der Waals surface area contributed by atoms with Crippen molar-refractivity contribution in [3.05, 3.63) is 29.6 Å². The maximum atomic E-state index is 13.3. The molecule has 4 nitrogen and oxygen atoms in total. The van der Waals surface area contributed by atoms with E-state index in [0.717, 1.165) is 6.42 Å². The molecule has 0 spiro atoms. The van der Waals surface area contributed by atoms with Crippen LogP contribution in [0.25, 0.3) is 0 Å². The van der Waals surface area contributed by atoms with Crippen molar-refractivity contribution in [3.63, 3.8) is 0 Å². The predicted octanol–water partition coefficient (Wildman–Crippen LogP) is 2.79. The van der Waals surface area contributed by atoms with Crippen molar-refractivity contribution in [2.24, 2.45) is 0 Å². The fraction of sp³-hybridized carbons (Fsp3) is 0.462. The summed E-state index contributed by atoms with van der Waals surface area (Å²) in [4.78, 5) is 11.5. The van der Waals surface area contributed by atoms with E-state index in [9.17, 15) is 9.18 Å². The summed E-state index contributed by atoms with van der Waals surface area (Å²) in [5.41, 5.74) is 0.667. The standard InChI is InChI=1S/C13H16FNO3/c1-2-17-13(16)15-11-4-3-7-18-12-6-5-9(14)8-10(11)12/h5-6,8,11H,2-4,7H2,1H3,(H,15,16). The van der Waals surface area contributed by atoms with E-state index in [-0.39, 0.29) is 11.9 Å². The van der Waals surface area contributed by atoms with Gasteiger partial charge in [-0.3, -0.25) is 0 Å². The van der Waals surface area contributed by atoms with Crippen molar-refractivity contribution in [1.82, 2.24) is 5.32 Å². The Balaban J connectivity index is 2.20. The molecule has 1 aliphatic heterocycles. The summed E-state index contributed by atoms with van der Waals surface area (Å²) < 4.78 is 23.6. The van der Waals surface area contributed by atoms with Gasteiger partial charge in [0.25, 0.3) is 0 Å². The molecule has 2 rings (SSSR count). The molecule has 1 atom stereocenters. The molecule has 0 bridgehead atoms. The quantitative estimate of drug-likeness (QED) is 0.881. The van der Waals surface area contributed by atoms with Crippen molar-refractivity contribution >= 4 is 6.09 Å². The van der Waals surface area contributed by atoms with Crippen LogP contribution in [0.5, 0.6) is 5.75 Å². The van der Waals surface area contributed by atoms with E-state index < -0.39 is 6.09 Å². The number of benzene rings is 1. The van der Waals surface area contributed by atoms with Gasteiger partial charge in [-0.2, -0.15) is 0 Å². The first kappa shape index (κ1) is 12.7. The van der Waals surface area contributed by atoms with Gasteiger partial charge in [-0.05, 0) is 38.0 Å². The molecule has 5 heteroatoms. The highest BCUT2D eigenvalue weighted by Gasteiger charge is 2.22. The summed E-state index contributed by atoms with van der Waals surface area (Å²) in [5.74, 6) is 0.283. The van der Waals surface area contributed by atoms with Gasteiger partial charge in [0.05, 0.1) is 19.3 Å². The van der Waals surface area contributed by atoms with Gasteiger partial charge < -0.3 is 14.8 Å². The monoisotopic (exact) mass is 253 g/mol. The van der Waals surface area contributed by atoms with E-state index in [0.29, 0.717) is 30.9 Å². The van der Waals surface area contributed by atoms with Crippen LogP contribution in [0.15, 0.2) is 18.2 Å². The van der Waals surface area contributed by atoms with Crippen LogP contribution in [0.4, 0.5) is 9.18 Å². The summed E-state index contributed by atoms with van der Waals surface area (Å²) in [6.45, 7) is 2.62. The van der Waals surface area contributed by atoms with Crippen molar-refractivity contribution in [2.75, 3.05) is 13.2 Å². The predicted molar refractivity (Wildman–Crippen MR) is 64.0 cm³/mol. The lowest BCUT2D eigenvalue weighted by molar-refractivity contribution is 0.147. The number of carbonyl (C=O) groups excluding carboxylic acids is 1. The number of carbonyl (C=O) groups is 1. The first-order valence-electron chi connectivity index (χ1n) is 6.06. The SMILES string of the molecule is CCOC(=O)NC1CCCOc2ccc(F)cc21. The summed E-state index contributed by atoms with van der Waals surface area (Å²) in [5, 5.41) is 2.74. The Labute approximate surface area is 105 Å². The normalized spacial score (nSPS) is 18.2. The average molecular weight is 253 g/mol. The van der Waals surface area contributed by atoms with Crippen LogP contribution in [0.2, 0.25) is 0 Å². The molecule has 0 aromatic heterocycles. The second kappa shape index (κ2) is 5.71. The summed E-state index contributed by atoms with van der Waals surface area (Å²) in [6, 6.07) is 4.08. The van der Waals surface area contributed by atoms with Crippen LogP contribution in [0.3, 0.4) is 0 Å². The number of alkyl carbamates (subject to hydrolysis) is 1. The van der Waals surface area contributed by atoms with Crippen molar-refractivity contribution in [3.8, 4) is 5.75 Å². The molecule has 0 saturated carbocycles. The number of ether oxygens (including phenoxy) is 2. The Morgan fingerprint density at radius 2 is 2.44 bits per heavy atom. The molecule has 1 heterocycles. The second-order valence-corrected chi connectivity index (χ2v) is 4.09. The van der Waals surface area contributed by atoms with Crippen LogP contribution in [0.1, 0.15) is 31.4 Å². The minimum Gasteiger partial charge on any atom is -0.493 e.